The largest absolute Gasteiger partial charge is 0.481 e. The van der Waals surface area contributed by atoms with Gasteiger partial charge in [0.25, 0.3) is 5.91 Å². The monoisotopic (exact) mass is 1290 g/mol. The van der Waals surface area contributed by atoms with Gasteiger partial charge in [-0.1, -0.05) is 53.7 Å². The van der Waals surface area contributed by atoms with Gasteiger partial charge in [-0.3, -0.25) is 57.6 Å². The lowest BCUT2D eigenvalue weighted by Gasteiger charge is -2.37. The molecule has 28 nitrogen and oxygen atoms in total. The molecule has 0 spiro atoms. The van der Waals surface area contributed by atoms with E-state index in [1.165, 1.54) is 45.2 Å². The number of benzene rings is 1. The minimum absolute atomic E-state index is 0.0254. The molecule has 8 N–H and O–H groups in total. The summed E-state index contributed by atoms with van der Waals surface area (Å²) in [5, 5.41) is 30.5. The summed E-state index contributed by atoms with van der Waals surface area (Å²) in [4.78, 5) is 150. The first-order chi connectivity index (χ1) is 42.7. The van der Waals surface area contributed by atoms with E-state index < -0.39 is 84.3 Å². The van der Waals surface area contributed by atoms with Crippen LogP contribution < -0.4 is 42.0 Å². The highest BCUT2D eigenvalue weighted by Gasteiger charge is 2.37. The summed E-state index contributed by atoms with van der Waals surface area (Å²) in [5.74, 6) is -7.72. The minimum Gasteiger partial charge on any atom is -0.481 e. The molecule has 1 aliphatic rings. The summed E-state index contributed by atoms with van der Waals surface area (Å²) in [7, 11) is 3.54. The predicted octanol–water partition coefficient (Wildman–Crippen LogP) is 2.45. The van der Waals surface area contributed by atoms with Crippen molar-refractivity contribution in [3.05, 3.63) is 52.5 Å². The van der Waals surface area contributed by atoms with Crippen LogP contribution in [0, 0.1) is 17.8 Å². The Hall–Kier alpha value is -7.44. The first kappa shape index (κ1) is 76.8. The van der Waals surface area contributed by atoms with E-state index in [2.05, 4.69) is 48.8 Å². The van der Waals surface area contributed by atoms with Crippen molar-refractivity contribution in [1.82, 2.24) is 46.7 Å². The fraction of sp³-hybridized carbons (Fsp3) is 0.639. The number of carboxylic acid groups (broad SMARTS) is 1. The average Bonchev–Trinajstić information content (AvgIpc) is 1.48. The first-order valence-corrected chi connectivity index (χ1v) is 31.2. The van der Waals surface area contributed by atoms with Crippen LogP contribution in [-0.4, -0.2) is 208 Å². The van der Waals surface area contributed by atoms with Gasteiger partial charge < -0.3 is 75.6 Å². The maximum Gasteiger partial charge on any atom is 0.313 e. The van der Waals surface area contributed by atoms with E-state index in [-0.39, 0.29) is 149 Å². The average molecular weight is 1290 g/mol. The number of anilines is 1. The molecule has 1 aliphatic heterocycles. The van der Waals surface area contributed by atoms with Gasteiger partial charge in [0.05, 0.1) is 83.5 Å². The number of ether oxygens (including phenoxy) is 6. The zero-order valence-corrected chi connectivity index (χ0v) is 54.4. The molecule has 1 aromatic carbocycles. The van der Waals surface area contributed by atoms with Gasteiger partial charge >= 0.3 is 17.9 Å². The smallest absolute Gasteiger partial charge is 0.313 e. The molecule has 2 aromatic rings. The summed E-state index contributed by atoms with van der Waals surface area (Å²) in [5.41, 5.74) is 0.339. The number of carboxylic acids is 1. The second-order valence-corrected chi connectivity index (χ2v) is 23.4. The number of nitrogens with one attached hydrogen (secondary N) is 7. The molecule has 2 unspecified atom stereocenters. The Morgan fingerprint density at radius 1 is 0.789 bits per heavy atom. The van der Waals surface area contributed by atoms with Crippen LogP contribution in [0.2, 0.25) is 0 Å². The fourth-order valence-electron chi connectivity index (χ4n) is 9.39. The maximum atomic E-state index is 14.3. The number of aliphatic carboxylic acids is 1. The second kappa shape index (κ2) is 41.0. The molecule has 29 heteroatoms. The number of hydrogen-bond donors (Lipinski definition) is 8. The third-order valence-electron chi connectivity index (χ3n) is 14.3. The van der Waals surface area contributed by atoms with Crippen molar-refractivity contribution >= 4 is 82.2 Å². The fourth-order valence-corrected chi connectivity index (χ4v) is 10.2. The third-order valence-corrected chi connectivity index (χ3v) is 15.3. The van der Waals surface area contributed by atoms with Crippen molar-refractivity contribution in [1.29, 1.82) is 0 Å². The number of amides is 8. The summed E-state index contributed by atoms with van der Waals surface area (Å²) < 4.78 is 33.1. The SMILES string of the molecule is C=CC(=O)NCCOCCOCCC(=O)Oc1ccc(C[C@@H](CC(C)C(=O)O)NC(=O)c2csc([C@@H](C[C@H](C(C)C)N(C)C(=O)[C@@H](NC(=O)[C@H]3CCCCN3C)C(C)C)OC(C)=O)n2)cc1NC(=O)CNC(=O)C(C)NC(=O)CCOCCOCCNC(C)=O. The molecule has 0 saturated carbocycles. The number of thiazole rings is 1. The number of carbonyl (C=O) groups excluding carboxylic acids is 10. The molecular formula is C61H94N10O18S. The number of carbonyl (C=O) groups is 11. The van der Waals surface area contributed by atoms with Gasteiger partial charge in [0.2, 0.25) is 41.4 Å². The molecule has 0 aliphatic carbocycles. The Kier molecular flexibility index (Phi) is 35.0. The maximum absolute atomic E-state index is 14.3. The molecule has 7 atom stereocenters. The Labute approximate surface area is 530 Å². The van der Waals surface area contributed by atoms with Crippen LogP contribution in [-0.2, 0) is 78.1 Å². The van der Waals surface area contributed by atoms with Gasteiger partial charge in [-0.15, -0.1) is 11.3 Å². The molecule has 1 aromatic heterocycles. The van der Waals surface area contributed by atoms with E-state index in [0.29, 0.717) is 25.1 Å². The normalized spacial score (nSPS) is 15.2. The molecule has 1 fully saturated rings. The lowest BCUT2D eigenvalue weighted by atomic mass is 9.94. The van der Waals surface area contributed by atoms with E-state index >= 15 is 0 Å². The molecule has 3 rings (SSSR count). The van der Waals surface area contributed by atoms with Crippen molar-refractivity contribution < 1.29 is 86.3 Å². The molecule has 2 heterocycles. The Bertz CT molecular complexity index is 2710. The van der Waals surface area contributed by atoms with Crippen molar-refractivity contribution in [3.8, 4) is 5.75 Å². The molecule has 502 valence electrons. The van der Waals surface area contributed by atoms with Gasteiger partial charge in [0.1, 0.15) is 22.8 Å². The number of esters is 2. The van der Waals surface area contributed by atoms with Crippen LogP contribution in [0.15, 0.2) is 36.2 Å². The number of hydrogen-bond acceptors (Lipinski definition) is 20. The predicted molar refractivity (Wildman–Crippen MR) is 332 cm³/mol. The lowest BCUT2D eigenvalue weighted by molar-refractivity contribution is -0.149. The molecule has 8 amide bonds. The van der Waals surface area contributed by atoms with Gasteiger partial charge in [-0.05, 0) is 81.8 Å². The van der Waals surface area contributed by atoms with Crippen molar-refractivity contribution in [2.75, 3.05) is 98.4 Å². The van der Waals surface area contributed by atoms with Crippen molar-refractivity contribution in [2.24, 2.45) is 17.8 Å². The zero-order valence-electron chi connectivity index (χ0n) is 53.6. The molecule has 0 bridgehead atoms. The summed E-state index contributed by atoms with van der Waals surface area (Å²) in [6.07, 6.45) is 2.39. The molecule has 0 radical (unpaired) electrons. The van der Waals surface area contributed by atoms with Crippen LogP contribution in [0.1, 0.15) is 127 Å². The number of aromatic nitrogens is 1. The lowest BCUT2D eigenvalue weighted by Crippen LogP contribution is -2.57. The second-order valence-electron chi connectivity index (χ2n) is 22.5. The van der Waals surface area contributed by atoms with Crippen LogP contribution in [0.25, 0.3) is 0 Å². The Balaban J connectivity index is 1.81. The summed E-state index contributed by atoms with van der Waals surface area (Å²) >= 11 is 1.05. The van der Waals surface area contributed by atoms with E-state index in [4.69, 9.17) is 28.4 Å². The number of rotatable bonds is 42. The van der Waals surface area contributed by atoms with Gasteiger partial charge in [-0.2, -0.15) is 0 Å². The van der Waals surface area contributed by atoms with E-state index in [1.807, 2.05) is 39.6 Å². The van der Waals surface area contributed by atoms with Gasteiger partial charge in [0, 0.05) is 64.3 Å². The Morgan fingerprint density at radius 3 is 2.03 bits per heavy atom. The van der Waals surface area contributed by atoms with Crippen molar-refractivity contribution in [3.63, 3.8) is 0 Å². The van der Waals surface area contributed by atoms with Crippen LogP contribution in [0.3, 0.4) is 0 Å². The molecule has 90 heavy (non-hydrogen) atoms. The van der Waals surface area contributed by atoms with Gasteiger partial charge in [-0.25, -0.2) is 4.98 Å². The summed E-state index contributed by atoms with van der Waals surface area (Å²) in [6, 6.07) is 0.746. The number of likely N-dealkylation sites (tertiary alicyclic amines) is 1. The minimum atomic E-state index is -1.14. The first-order valence-electron chi connectivity index (χ1n) is 30.3. The topological polar surface area (TPSA) is 367 Å². The quantitative estimate of drug-likeness (QED) is 0.0205. The highest BCUT2D eigenvalue weighted by Crippen LogP contribution is 2.32. The van der Waals surface area contributed by atoms with Crippen LogP contribution >= 0.6 is 11.3 Å². The molecule has 1 saturated heterocycles. The third kappa shape index (κ3) is 29.0. The number of piperidine rings is 1. The van der Waals surface area contributed by atoms with E-state index in [1.54, 1.807) is 18.0 Å². The highest BCUT2D eigenvalue weighted by atomic mass is 32.1. The molecular weight excluding hydrogens is 1190 g/mol. The van der Waals surface area contributed by atoms with Crippen LogP contribution in [0.4, 0.5) is 5.69 Å². The Morgan fingerprint density at radius 2 is 1.43 bits per heavy atom. The summed E-state index contributed by atoms with van der Waals surface area (Å²) in [6.45, 7) is 18.5. The van der Waals surface area contributed by atoms with Gasteiger partial charge in [0.15, 0.2) is 11.9 Å². The number of likely N-dealkylation sites (N-methyl/N-ethyl adjacent to an activating group) is 2. The van der Waals surface area contributed by atoms with Crippen molar-refractivity contribution in [2.45, 2.75) is 143 Å². The van der Waals surface area contributed by atoms with E-state index in [0.717, 1.165) is 36.8 Å². The highest BCUT2D eigenvalue weighted by molar-refractivity contribution is 7.09. The standard InChI is InChI=1S/C61H94N10O18S/c1-12-51(74)63-21-26-87-30-28-85-24-19-54(77)89-49-17-16-43(33-45(49)67-53(76)35-64-56(78)40(7)65-52(75)18-23-84-27-29-86-25-20-62-41(8)72)32-44(31-39(6)61(82)83)66-57(79)46-36-90-59(68-46)50(88-42(9)73)34-48(37(2)3)71(11)60(81)55(38(4)5)69-58(80)47-15-13-14-22-70(47)10/h12,16-17,33,36-40,44,47-48,50,55H,1,13-15,18-32,34-35H2,2-11H3,(H,62,72)(H,63,74)(H,64,78)(H,65,75)(H,66,79)(H,67,76)(H,69,80)(H,82,83)/t39?,40?,44-,47-,48-,50-,55+/m1/s1. The number of nitrogens with zero attached hydrogens (tertiary/aromatic N) is 3. The van der Waals surface area contributed by atoms with E-state index in [9.17, 15) is 57.8 Å². The zero-order chi connectivity index (χ0) is 66.9. The van der Waals surface area contributed by atoms with Crippen LogP contribution in [0.5, 0.6) is 5.75 Å².